The summed E-state index contributed by atoms with van der Waals surface area (Å²) in [5, 5.41) is 20.9. The Bertz CT molecular complexity index is 1440. The second kappa shape index (κ2) is 9.32. The monoisotopic (exact) mass is 483 g/mol. The van der Waals surface area contributed by atoms with Crippen molar-refractivity contribution in [3.05, 3.63) is 59.9 Å². The number of nitrogens with zero attached hydrogens (tertiary/aromatic N) is 4. The van der Waals surface area contributed by atoms with Crippen LogP contribution >= 0.6 is 0 Å². The van der Waals surface area contributed by atoms with Gasteiger partial charge in [-0.05, 0) is 52.1 Å². The van der Waals surface area contributed by atoms with Crippen molar-refractivity contribution in [3.8, 4) is 40.0 Å². The lowest BCUT2D eigenvalue weighted by Gasteiger charge is -2.09. The second-order valence-electron chi connectivity index (χ2n) is 8.09. The fraction of sp³-hybridized carbons (Fsp3) is 0.250. The summed E-state index contributed by atoms with van der Waals surface area (Å²) in [6.45, 7) is 5.62. The van der Waals surface area contributed by atoms with Crippen molar-refractivity contribution in [1.29, 1.82) is 0 Å². The first-order valence-corrected chi connectivity index (χ1v) is 12.2. The summed E-state index contributed by atoms with van der Waals surface area (Å²) >= 11 is 0. The van der Waals surface area contributed by atoms with Gasteiger partial charge in [-0.25, -0.2) is 13.4 Å². The van der Waals surface area contributed by atoms with Crippen molar-refractivity contribution in [2.75, 3.05) is 7.05 Å². The fourth-order valence-corrected chi connectivity index (χ4v) is 4.41. The van der Waals surface area contributed by atoms with Crippen LogP contribution < -0.4 is 5.32 Å². The molecular formula is C24H29N5O4S. The molecule has 2 heterocycles. The largest absolute Gasteiger partial charge is 0.508 e. The molecule has 2 aromatic carbocycles. The van der Waals surface area contributed by atoms with Crippen molar-refractivity contribution in [2.45, 2.75) is 37.5 Å². The van der Waals surface area contributed by atoms with Crippen LogP contribution in [0.25, 0.3) is 34.3 Å². The molecule has 0 unspecified atom stereocenters. The molecule has 0 radical (unpaired) electrons. The summed E-state index contributed by atoms with van der Waals surface area (Å²) in [5.41, 5.74) is 3.62. The highest BCUT2D eigenvalue weighted by atomic mass is 32.2. The molecule has 2 N–H and O–H groups in total. The Morgan fingerprint density at radius 2 is 1.74 bits per heavy atom. The minimum atomic E-state index is -3.36. The number of nitrogens with one attached hydrogen (secondary N) is 1. The van der Waals surface area contributed by atoms with Crippen LogP contribution in [0, 0.1) is 6.92 Å². The number of aromatic nitrogens is 4. The molecule has 0 atom stereocenters. The number of hydrogen-bond donors (Lipinski definition) is 2. The molecule has 9 nitrogen and oxygen atoms in total. The van der Waals surface area contributed by atoms with E-state index in [2.05, 4.69) is 25.5 Å². The zero-order valence-corrected chi connectivity index (χ0v) is 20.1. The van der Waals surface area contributed by atoms with Gasteiger partial charge in [0.1, 0.15) is 11.4 Å². The lowest BCUT2D eigenvalue weighted by atomic mass is 10.1. The van der Waals surface area contributed by atoms with Crippen molar-refractivity contribution in [1.82, 2.24) is 25.5 Å². The van der Waals surface area contributed by atoms with Gasteiger partial charge in [-0.1, -0.05) is 18.2 Å². The highest BCUT2D eigenvalue weighted by Crippen LogP contribution is 2.30. The second-order valence-corrected chi connectivity index (χ2v) is 10.6. The molecule has 0 saturated heterocycles. The molecule has 0 bridgehead atoms. The number of aromatic hydroxyl groups is 1. The lowest BCUT2D eigenvalue weighted by molar-refractivity contribution is 0.466. The normalized spacial score (nSPS) is 11.8. The number of benzene rings is 2. The third-order valence-electron chi connectivity index (χ3n) is 5.38. The van der Waals surface area contributed by atoms with Crippen molar-refractivity contribution in [2.24, 2.45) is 0 Å². The molecule has 0 amide bonds. The number of phenols is 1. The maximum absolute atomic E-state index is 12.4. The molecule has 34 heavy (non-hydrogen) atoms. The molecule has 0 saturated carbocycles. The Hall–Kier alpha value is -3.63. The summed E-state index contributed by atoms with van der Waals surface area (Å²) in [4.78, 5) is 9.30. The van der Waals surface area contributed by atoms with Gasteiger partial charge in [0.2, 0.25) is 5.89 Å². The molecule has 0 fully saturated rings. The molecule has 0 spiro atoms. The van der Waals surface area contributed by atoms with Gasteiger partial charge in [0.05, 0.1) is 27.7 Å². The number of aryl methyl sites for hydroxylation is 1. The van der Waals surface area contributed by atoms with Crippen LogP contribution in [-0.4, -0.2) is 46.0 Å². The Morgan fingerprint density at radius 1 is 1.06 bits per heavy atom. The topological polar surface area (TPSA) is 131 Å². The van der Waals surface area contributed by atoms with E-state index in [0.29, 0.717) is 34.8 Å². The van der Waals surface area contributed by atoms with Gasteiger partial charge in [-0.2, -0.15) is 0 Å². The van der Waals surface area contributed by atoms with Crippen LogP contribution in [-0.2, 0) is 16.4 Å². The molecular weight excluding hydrogens is 454 g/mol. The number of sulfone groups is 1. The van der Waals surface area contributed by atoms with E-state index in [1.165, 1.54) is 0 Å². The van der Waals surface area contributed by atoms with Crippen LogP contribution in [0.15, 0.2) is 58.0 Å². The smallest absolute Gasteiger partial charge is 0.268 e. The Labute approximate surface area is 200 Å². The quantitative estimate of drug-likeness (QED) is 0.395. The molecule has 0 aliphatic heterocycles. The van der Waals surface area contributed by atoms with Crippen molar-refractivity contribution >= 4 is 9.84 Å². The van der Waals surface area contributed by atoms with Gasteiger partial charge in [-0.3, -0.25) is 4.98 Å². The summed E-state index contributed by atoms with van der Waals surface area (Å²) in [6.07, 6.45) is 1.61. The first-order valence-electron chi connectivity index (χ1n) is 10.7. The average molecular weight is 484 g/mol. The standard InChI is InChI=1S/C24H25N5O4S.2H2/c1-14(2)34(31,32)19-9-7-16(8-10-19)20-13-26-15(3)22(27-20)24-29-28-23(33-24)17-5-6-18(12-25-4)21(30)11-17;;/h5-11,13-14,25,30H,12H2,1-4H3;2*1H. The SMILES string of the molecule is CNCc1ccc(-c2nnc(-c3nc(-c4ccc(S(=O)(=O)C(C)C)cc4)cnc3C)o2)cc1O.[HH].[HH]. The minimum Gasteiger partial charge on any atom is -0.508 e. The molecule has 4 rings (SSSR count). The van der Waals surface area contributed by atoms with Gasteiger partial charge < -0.3 is 14.8 Å². The highest BCUT2D eigenvalue weighted by molar-refractivity contribution is 7.92. The van der Waals surface area contributed by atoms with Crippen LogP contribution in [0.1, 0.15) is 28.0 Å². The highest BCUT2D eigenvalue weighted by Gasteiger charge is 2.20. The van der Waals surface area contributed by atoms with Gasteiger partial charge >= 0.3 is 0 Å². The first kappa shape index (κ1) is 23.5. The number of rotatable bonds is 7. The van der Waals surface area contributed by atoms with E-state index in [-0.39, 0.29) is 25.3 Å². The predicted molar refractivity (Wildman–Crippen MR) is 132 cm³/mol. The lowest BCUT2D eigenvalue weighted by Crippen LogP contribution is -2.13. The van der Waals surface area contributed by atoms with E-state index in [0.717, 1.165) is 5.56 Å². The Morgan fingerprint density at radius 3 is 2.38 bits per heavy atom. The fourth-order valence-electron chi connectivity index (χ4n) is 3.35. The maximum atomic E-state index is 12.4. The van der Waals surface area contributed by atoms with Gasteiger partial charge in [0.15, 0.2) is 9.84 Å². The average Bonchev–Trinajstić information content (AvgIpc) is 3.31. The molecule has 180 valence electrons. The summed E-state index contributed by atoms with van der Waals surface area (Å²) in [7, 11) is -1.55. The van der Waals surface area contributed by atoms with Gasteiger partial charge in [0.25, 0.3) is 5.89 Å². The van der Waals surface area contributed by atoms with Crippen LogP contribution in [0.3, 0.4) is 0 Å². The van der Waals surface area contributed by atoms with E-state index in [9.17, 15) is 13.5 Å². The first-order chi connectivity index (χ1) is 16.2. The molecule has 0 aliphatic carbocycles. The molecule has 10 heteroatoms. The number of phenolic OH excluding ortho intramolecular Hbond substituents is 1. The Balaban J connectivity index is 0.00000228. The van der Waals surface area contributed by atoms with Crippen LogP contribution in [0.2, 0.25) is 0 Å². The van der Waals surface area contributed by atoms with E-state index in [4.69, 9.17) is 4.42 Å². The summed E-state index contributed by atoms with van der Waals surface area (Å²) in [5.74, 6) is 0.573. The number of hydrogen-bond acceptors (Lipinski definition) is 9. The molecule has 0 aliphatic rings. The maximum Gasteiger partial charge on any atom is 0.268 e. The van der Waals surface area contributed by atoms with Crippen molar-refractivity contribution < 1.29 is 20.8 Å². The van der Waals surface area contributed by atoms with Crippen LogP contribution in [0.4, 0.5) is 0 Å². The zero-order valence-electron chi connectivity index (χ0n) is 19.3. The predicted octanol–water partition coefficient (Wildman–Crippen LogP) is 4.27. The summed E-state index contributed by atoms with van der Waals surface area (Å²) < 4.78 is 30.6. The van der Waals surface area contributed by atoms with Gasteiger partial charge in [-0.15, -0.1) is 10.2 Å². The van der Waals surface area contributed by atoms with E-state index >= 15 is 0 Å². The molecule has 4 aromatic rings. The third kappa shape index (κ3) is 4.55. The van der Waals surface area contributed by atoms with E-state index in [1.54, 1.807) is 76.5 Å². The van der Waals surface area contributed by atoms with Gasteiger partial charge in [0, 0.05) is 26.1 Å². The molecule has 2 aromatic heterocycles. The van der Waals surface area contributed by atoms with E-state index < -0.39 is 15.1 Å². The zero-order chi connectivity index (χ0) is 24.5. The summed E-state index contributed by atoms with van der Waals surface area (Å²) in [6, 6.07) is 11.7. The van der Waals surface area contributed by atoms with Crippen LogP contribution in [0.5, 0.6) is 5.75 Å². The Kier molecular flexibility index (Phi) is 6.45. The van der Waals surface area contributed by atoms with Crippen molar-refractivity contribution in [3.63, 3.8) is 0 Å². The minimum absolute atomic E-state index is 0. The third-order valence-corrected chi connectivity index (χ3v) is 7.55. The van der Waals surface area contributed by atoms with E-state index in [1.807, 2.05) is 0 Å².